The number of imidazole rings is 1. The zero-order chi connectivity index (χ0) is 15.1. The highest BCUT2D eigenvalue weighted by Gasteiger charge is 2.19. The van der Waals surface area contributed by atoms with Crippen molar-refractivity contribution in [2.45, 2.75) is 38.8 Å². The van der Waals surface area contributed by atoms with E-state index >= 15 is 0 Å². The van der Waals surface area contributed by atoms with Crippen molar-refractivity contribution in [2.24, 2.45) is 5.92 Å². The molecule has 3 N–H and O–H groups in total. The van der Waals surface area contributed by atoms with Gasteiger partial charge >= 0.3 is 6.03 Å². The van der Waals surface area contributed by atoms with Crippen molar-refractivity contribution < 1.29 is 9.90 Å². The molecule has 2 amide bonds. The lowest BCUT2D eigenvalue weighted by Crippen LogP contribution is -2.41. The minimum Gasteiger partial charge on any atom is -0.396 e. The number of amides is 2. The summed E-state index contributed by atoms with van der Waals surface area (Å²) in [5.74, 6) is 1.20. The largest absolute Gasteiger partial charge is 0.396 e. The number of nitrogens with zero attached hydrogens (tertiary/aromatic N) is 2. The summed E-state index contributed by atoms with van der Waals surface area (Å²) < 4.78 is 2.11. The molecule has 0 aliphatic heterocycles. The summed E-state index contributed by atoms with van der Waals surface area (Å²) in [6.07, 6.45) is 10.4. The second kappa shape index (κ2) is 7.83. The van der Waals surface area contributed by atoms with Crippen LogP contribution in [0.25, 0.3) is 0 Å². The predicted octanol–water partition coefficient (Wildman–Crippen LogP) is 1.21. The number of carbonyl (C=O) groups excluding carboxylic acids is 1. The number of aromatic nitrogens is 2. The van der Waals surface area contributed by atoms with E-state index in [0.29, 0.717) is 6.54 Å². The van der Waals surface area contributed by atoms with Gasteiger partial charge in [0, 0.05) is 44.0 Å². The van der Waals surface area contributed by atoms with E-state index in [1.165, 1.54) is 0 Å². The van der Waals surface area contributed by atoms with Crippen LogP contribution in [0.15, 0.2) is 24.5 Å². The molecule has 2 rings (SSSR count). The molecule has 0 spiro atoms. The van der Waals surface area contributed by atoms with Crippen molar-refractivity contribution >= 4 is 6.03 Å². The molecule has 21 heavy (non-hydrogen) atoms. The first-order valence-electron chi connectivity index (χ1n) is 7.50. The maximum absolute atomic E-state index is 11.7. The molecular weight excluding hydrogens is 268 g/mol. The molecule has 0 radical (unpaired) electrons. The summed E-state index contributed by atoms with van der Waals surface area (Å²) in [6, 6.07) is -0.0993. The van der Waals surface area contributed by atoms with Crippen LogP contribution in [-0.4, -0.2) is 39.9 Å². The zero-order valence-electron chi connectivity index (χ0n) is 12.5. The molecule has 1 aliphatic carbocycles. The summed E-state index contributed by atoms with van der Waals surface area (Å²) in [7, 11) is 0. The fourth-order valence-electron chi connectivity index (χ4n) is 2.49. The van der Waals surface area contributed by atoms with E-state index in [0.717, 1.165) is 31.6 Å². The van der Waals surface area contributed by atoms with Gasteiger partial charge in [-0.3, -0.25) is 0 Å². The number of nitrogens with one attached hydrogen (secondary N) is 2. The monoisotopic (exact) mass is 292 g/mol. The molecule has 0 saturated heterocycles. The van der Waals surface area contributed by atoms with Gasteiger partial charge in [-0.1, -0.05) is 12.2 Å². The van der Waals surface area contributed by atoms with Crippen LogP contribution in [0.4, 0.5) is 4.79 Å². The van der Waals surface area contributed by atoms with Crippen LogP contribution in [0, 0.1) is 12.8 Å². The minimum atomic E-state index is -0.137. The highest BCUT2D eigenvalue weighted by molar-refractivity contribution is 5.74. The molecule has 0 aromatic carbocycles. The Hall–Kier alpha value is -1.82. The Morgan fingerprint density at radius 1 is 1.48 bits per heavy atom. The predicted molar refractivity (Wildman–Crippen MR) is 80.9 cm³/mol. The lowest BCUT2D eigenvalue weighted by Gasteiger charge is -2.13. The first kappa shape index (κ1) is 15.6. The molecule has 2 atom stereocenters. The van der Waals surface area contributed by atoms with Crippen LogP contribution in [0.5, 0.6) is 0 Å². The summed E-state index contributed by atoms with van der Waals surface area (Å²) in [5.41, 5.74) is 0. The van der Waals surface area contributed by atoms with Crippen molar-refractivity contribution in [2.75, 3.05) is 13.2 Å². The second-order valence-electron chi connectivity index (χ2n) is 5.44. The van der Waals surface area contributed by atoms with Gasteiger partial charge in [-0.05, 0) is 26.2 Å². The molecule has 0 bridgehead atoms. The quantitative estimate of drug-likeness (QED) is 0.522. The number of rotatable bonds is 7. The molecule has 0 saturated carbocycles. The highest BCUT2D eigenvalue weighted by Crippen LogP contribution is 2.16. The number of carbonyl (C=O) groups is 1. The van der Waals surface area contributed by atoms with E-state index in [1.54, 1.807) is 6.20 Å². The Morgan fingerprint density at radius 3 is 3.00 bits per heavy atom. The van der Waals surface area contributed by atoms with Gasteiger partial charge < -0.3 is 20.3 Å². The van der Waals surface area contributed by atoms with Gasteiger partial charge in [0.05, 0.1) is 0 Å². The number of hydrogen-bond acceptors (Lipinski definition) is 3. The number of aliphatic hydroxyl groups excluding tert-OH is 1. The molecule has 0 fully saturated rings. The summed E-state index contributed by atoms with van der Waals surface area (Å²) >= 11 is 0. The standard InChI is InChI=1S/C15H24N4O2/c1-12-16-7-9-19(12)8-3-2-6-17-15(21)18-14-5-4-13(10-14)11-20/h4-5,7,9,13-14,20H,2-3,6,8,10-11H2,1H3,(H2,17,18,21)/t13-,14+/m0/s1. The SMILES string of the molecule is Cc1nccn1CCCCNC(=O)N[C@@H]1C=C[C@H](CO)C1. The van der Waals surface area contributed by atoms with Crippen molar-refractivity contribution in [3.05, 3.63) is 30.4 Å². The van der Waals surface area contributed by atoms with Crippen LogP contribution >= 0.6 is 0 Å². The Bertz CT molecular complexity index is 484. The zero-order valence-corrected chi connectivity index (χ0v) is 12.5. The van der Waals surface area contributed by atoms with Gasteiger partial charge in [0.15, 0.2) is 0 Å². The summed E-state index contributed by atoms with van der Waals surface area (Å²) in [5, 5.41) is 14.8. The molecule has 1 aliphatic rings. The normalized spacial score (nSPS) is 20.7. The van der Waals surface area contributed by atoms with Crippen molar-refractivity contribution in [3.8, 4) is 0 Å². The van der Waals surface area contributed by atoms with E-state index in [4.69, 9.17) is 5.11 Å². The fraction of sp³-hybridized carbons (Fsp3) is 0.600. The molecular formula is C15H24N4O2. The average molecular weight is 292 g/mol. The van der Waals surface area contributed by atoms with Crippen LogP contribution < -0.4 is 10.6 Å². The molecule has 6 nitrogen and oxygen atoms in total. The summed E-state index contributed by atoms with van der Waals surface area (Å²) in [4.78, 5) is 15.9. The Balaban J connectivity index is 1.54. The van der Waals surface area contributed by atoms with E-state index in [9.17, 15) is 4.79 Å². The Labute approximate surface area is 125 Å². The maximum Gasteiger partial charge on any atom is 0.315 e. The van der Waals surface area contributed by atoms with Gasteiger partial charge in [0.25, 0.3) is 0 Å². The molecule has 6 heteroatoms. The lowest BCUT2D eigenvalue weighted by atomic mass is 10.1. The topological polar surface area (TPSA) is 79.2 Å². The summed E-state index contributed by atoms with van der Waals surface area (Å²) in [6.45, 7) is 3.72. The van der Waals surface area contributed by atoms with Crippen LogP contribution in [0.1, 0.15) is 25.1 Å². The van der Waals surface area contributed by atoms with Crippen molar-refractivity contribution in [3.63, 3.8) is 0 Å². The van der Waals surface area contributed by atoms with Gasteiger partial charge in [-0.25, -0.2) is 9.78 Å². The van der Waals surface area contributed by atoms with Gasteiger partial charge in [0.1, 0.15) is 5.82 Å². The average Bonchev–Trinajstić information content (AvgIpc) is 3.08. The Morgan fingerprint density at radius 2 is 2.33 bits per heavy atom. The molecule has 1 heterocycles. The van der Waals surface area contributed by atoms with E-state index < -0.39 is 0 Å². The number of aliphatic hydroxyl groups is 1. The number of unbranched alkanes of at least 4 members (excludes halogenated alkanes) is 1. The first-order valence-corrected chi connectivity index (χ1v) is 7.50. The Kier molecular flexibility index (Phi) is 5.80. The second-order valence-corrected chi connectivity index (χ2v) is 5.44. The number of urea groups is 1. The van der Waals surface area contributed by atoms with Gasteiger partial charge in [-0.2, -0.15) is 0 Å². The van der Waals surface area contributed by atoms with Crippen molar-refractivity contribution in [1.82, 2.24) is 20.2 Å². The third kappa shape index (κ3) is 4.90. The smallest absolute Gasteiger partial charge is 0.315 e. The first-order chi connectivity index (χ1) is 10.2. The molecule has 1 aromatic heterocycles. The number of aryl methyl sites for hydroxylation is 2. The van der Waals surface area contributed by atoms with Gasteiger partial charge in [0.2, 0.25) is 0 Å². The molecule has 1 aromatic rings. The van der Waals surface area contributed by atoms with E-state index in [-0.39, 0.29) is 24.6 Å². The van der Waals surface area contributed by atoms with Crippen LogP contribution in [0.2, 0.25) is 0 Å². The molecule has 0 unspecified atom stereocenters. The maximum atomic E-state index is 11.7. The van der Waals surface area contributed by atoms with Crippen LogP contribution in [0.3, 0.4) is 0 Å². The van der Waals surface area contributed by atoms with E-state index in [2.05, 4.69) is 20.2 Å². The van der Waals surface area contributed by atoms with E-state index in [1.807, 2.05) is 25.3 Å². The third-order valence-electron chi connectivity index (χ3n) is 3.76. The lowest BCUT2D eigenvalue weighted by molar-refractivity contribution is 0.231. The fourth-order valence-corrected chi connectivity index (χ4v) is 2.49. The molecule has 116 valence electrons. The van der Waals surface area contributed by atoms with Crippen molar-refractivity contribution in [1.29, 1.82) is 0 Å². The minimum absolute atomic E-state index is 0.0377. The number of hydrogen-bond donors (Lipinski definition) is 3. The highest BCUT2D eigenvalue weighted by atomic mass is 16.3. The van der Waals surface area contributed by atoms with Crippen LogP contribution in [-0.2, 0) is 6.54 Å². The van der Waals surface area contributed by atoms with Gasteiger partial charge in [-0.15, -0.1) is 0 Å². The third-order valence-corrected chi connectivity index (χ3v) is 3.76.